The Labute approximate surface area is 112 Å². The van der Waals surface area contributed by atoms with Crippen LogP contribution in [-0.4, -0.2) is 16.3 Å². The highest BCUT2D eigenvalue weighted by atomic mass is 79.9. The molecule has 0 spiro atoms. The van der Waals surface area contributed by atoms with Crippen LogP contribution in [0.4, 0.5) is 14.5 Å². The van der Waals surface area contributed by atoms with E-state index in [1.165, 1.54) is 0 Å². The van der Waals surface area contributed by atoms with Crippen molar-refractivity contribution in [3.8, 4) is 0 Å². The van der Waals surface area contributed by atoms with Crippen LogP contribution in [0.2, 0.25) is 0 Å². The van der Waals surface area contributed by atoms with Crippen molar-refractivity contribution >= 4 is 21.6 Å². The lowest BCUT2D eigenvalue weighted by atomic mass is 10.2. The van der Waals surface area contributed by atoms with Gasteiger partial charge < -0.3 is 5.32 Å². The van der Waals surface area contributed by atoms with Crippen molar-refractivity contribution in [1.29, 1.82) is 0 Å². The van der Waals surface area contributed by atoms with Crippen LogP contribution in [0, 0.1) is 11.6 Å². The number of hydrogen-bond acceptors (Lipinski definition) is 2. The molecule has 1 N–H and O–H groups in total. The molecule has 0 saturated carbocycles. The van der Waals surface area contributed by atoms with Crippen molar-refractivity contribution in [3.05, 3.63) is 46.2 Å². The molecule has 0 aliphatic rings. The molecule has 2 aromatic rings. The summed E-state index contributed by atoms with van der Waals surface area (Å²) in [6.07, 6.45) is 2.39. The van der Waals surface area contributed by atoms with Gasteiger partial charge in [0.25, 0.3) is 0 Å². The summed E-state index contributed by atoms with van der Waals surface area (Å²) in [5.74, 6) is -0.965. The molecule has 0 aliphatic heterocycles. The average molecular weight is 316 g/mol. The summed E-state index contributed by atoms with van der Waals surface area (Å²) >= 11 is 2.94. The summed E-state index contributed by atoms with van der Waals surface area (Å²) in [5, 5.41) is 6.90. The second-order valence-electron chi connectivity index (χ2n) is 3.87. The van der Waals surface area contributed by atoms with Gasteiger partial charge in [0.15, 0.2) is 0 Å². The molecule has 0 radical (unpaired) electrons. The Morgan fingerprint density at radius 1 is 1.33 bits per heavy atom. The number of anilines is 1. The average Bonchev–Trinajstić information content (AvgIpc) is 2.72. The van der Waals surface area contributed by atoms with Gasteiger partial charge in [-0.3, -0.25) is 4.68 Å². The number of nitrogens with zero attached hydrogens (tertiary/aromatic N) is 2. The number of hydrogen-bond donors (Lipinski definition) is 1. The fourth-order valence-electron chi connectivity index (χ4n) is 1.63. The zero-order valence-electron chi connectivity index (χ0n) is 9.75. The first-order valence-corrected chi connectivity index (χ1v) is 6.22. The number of aryl methyl sites for hydroxylation is 1. The number of benzene rings is 1. The summed E-state index contributed by atoms with van der Waals surface area (Å²) in [6, 6.07) is 4.14. The highest BCUT2D eigenvalue weighted by molar-refractivity contribution is 9.10. The second kappa shape index (κ2) is 5.48. The van der Waals surface area contributed by atoms with Gasteiger partial charge in [0, 0.05) is 38.0 Å². The SMILES string of the molecule is Cn1nccc1CCNc1cc(F)c(Br)cc1F. The van der Waals surface area contributed by atoms with Gasteiger partial charge in [-0.2, -0.15) is 5.10 Å². The molecule has 0 bridgehead atoms. The third-order valence-electron chi connectivity index (χ3n) is 2.63. The topological polar surface area (TPSA) is 29.9 Å². The molecule has 1 heterocycles. The molecule has 3 nitrogen and oxygen atoms in total. The van der Waals surface area contributed by atoms with E-state index in [1.807, 2.05) is 13.1 Å². The maximum absolute atomic E-state index is 13.5. The van der Waals surface area contributed by atoms with Crippen LogP contribution in [0.3, 0.4) is 0 Å². The van der Waals surface area contributed by atoms with Gasteiger partial charge in [0.05, 0.1) is 10.2 Å². The van der Waals surface area contributed by atoms with Gasteiger partial charge in [-0.1, -0.05) is 0 Å². The monoisotopic (exact) mass is 315 g/mol. The fourth-order valence-corrected chi connectivity index (χ4v) is 1.95. The van der Waals surface area contributed by atoms with E-state index >= 15 is 0 Å². The Hall–Kier alpha value is -1.43. The Balaban J connectivity index is 1.99. The molecular weight excluding hydrogens is 304 g/mol. The van der Waals surface area contributed by atoms with Crippen LogP contribution >= 0.6 is 15.9 Å². The maximum atomic E-state index is 13.5. The Bertz CT molecular complexity index is 554. The zero-order valence-corrected chi connectivity index (χ0v) is 11.3. The third-order valence-corrected chi connectivity index (χ3v) is 3.24. The van der Waals surface area contributed by atoms with E-state index in [0.717, 1.165) is 17.8 Å². The van der Waals surface area contributed by atoms with Crippen molar-refractivity contribution in [2.45, 2.75) is 6.42 Å². The lowest BCUT2D eigenvalue weighted by molar-refractivity contribution is 0.596. The molecule has 18 heavy (non-hydrogen) atoms. The molecule has 0 unspecified atom stereocenters. The summed E-state index contributed by atoms with van der Waals surface area (Å²) in [7, 11) is 1.84. The standard InChI is InChI=1S/C12H12BrF2N3/c1-18-8(3-5-17-18)2-4-16-12-7-10(14)9(13)6-11(12)15/h3,5-7,16H,2,4H2,1H3. The van der Waals surface area contributed by atoms with Crippen molar-refractivity contribution in [2.24, 2.45) is 7.05 Å². The molecule has 0 saturated heterocycles. The summed E-state index contributed by atoms with van der Waals surface area (Å²) in [6.45, 7) is 0.511. The lowest BCUT2D eigenvalue weighted by Crippen LogP contribution is -2.09. The third kappa shape index (κ3) is 2.87. The minimum absolute atomic E-state index is 0.122. The van der Waals surface area contributed by atoms with Crippen LogP contribution in [0.5, 0.6) is 0 Å². The fraction of sp³-hybridized carbons (Fsp3) is 0.250. The first-order chi connectivity index (χ1) is 8.58. The quantitative estimate of drug-likeness (QED) is 0.879. The molecule has 6 heteroatoms. The lowest BCUT2D eigenvalue weighted by Gasteiger charge is -2.08. The molecule has 1 aromatic heterocycles. The van der Waals surface area contributed by atoms with Gasteiger partial charge in [-0.05, 0) is 28.1 Å². The molecular formula is C12H12BrF2N3. The summed E-state index contributed by atoms with van der Waals surface area (Å²) in [4.78, 5) is 0. The van der Waals surface area contributed by atoms with Gasteiger partial charge in [-0.15, -0.1) is 0 Å². The minimum Gasteiger partial charge on any atom is -0.382 e. The van der Waals surface area contributed by atoms with Gasteiger partial charge in [0.1, 0.15) is 11.6 Å². The van der Waals surface area contributed by atoms with E-state index < -0.39 is 11.6 Å². The number of rotatable bonds is 4. The molecule has 96 valence electrons. The highest BCUT2D eigenvalue weighted by Gasteiger charge is 2.08. The Morgan fingerprint density at radius 3 is 2.78 bits per heavy atom. The molecule has 0 fully saturated rings. The van der Waals surface area contributed by atoms with Crippen LogP contribution in [0.1, 0.15) is 5.69 Å². The van der Waals surface area contributed by atoms with Gasteiger partial charge in [-0.25, -0.2) is 8.78 Å². The van der Waals surface area contributed by atoms with E-state index in [4.69, 9.17) is 0 Å². The van der Waals surface area contributed by atoms with Gasteiger partial charge in [0.2, 0.25) is 0 Å². The first kappa shape index (κ1) is 13.0. The van der Waals surface area contributed by atoms with Crippen LogP contribution in [0.15, 0.2) is 28.9 Å². The molecule has 0 amide bonds. The van der Waals surface area contributed by atoms with E-state index in [1.54, 1.807) is 10.9 Å². The van der Waals surface area contributed by atoms with E-state index in [2.05, 4.69) is 26.3 Å². The number of halogens is 3. The molecule has 1 aromatic carbocycles. The predicted octanol–water partition coefficient (Wildman–Crippen LogP) is 3.12. The van der Waals surface area contributed by atoms with Crippen LogP contribution in [-0.2, 0) is 13.5 Å². The van der Waals surface area contributed by atoms with Crippen molar-refractivity contribution in [2.75, 3.05) is 11.9 Å². The van der Waals surface area contributed by atoms with E-state index in [0.29, 0.717) is 13.0 Å². The normalized spacial score (nSPS) is 10.7. The largest absolute Gasteiger partial charge is 0.382 e. The smallest absolute Gasteiger partial charge is 0.147 e. The molecule has 0 aliphatic carbocycles. The highest BCUT2D eigenvalue weighted by Crippen LogP contribution is 2.23. The second-order valence-corrected chi connectivity index (χ2v) is 4.72. The molecule has 2 rings (SSSR count). The van der Waals surface area contributed by atoms with Crippen molar-refractivity contribution in [1.82, 2.24) is 9.78 Å². The predicted molar refractivity (Wildman–Crippen MR) is 69.5 cm³/mol. The molecule has 0 atom stereocenters. The van der Waals surface area contributed by atoms with Crippen LogP contribution < -0.4 is 5.32 Å². The Kier molecular flexibility index (Phi) is 3.96. The van der Waals surface area contributed by atoms with Crippen molar-refractivity contribution in [3.63, 3.8) is 0 Å². The van der Waals surface area contributed by atoms with Crippen molar-refractivity contribution < 1.29 is 8.78 Å². The first-order valence-electron chi connectivity index (χ1n) is 5.43. The zero-order chi connectivity index (χ0) is 13.1. The maximum Gasteiger partial charge on any atom is 0.147 e. The van der Waals surface area contributed by atoms with E-state index in [9.17, 15) is 8.78 Å². The van der Waals surface area contributed by atoms with Crippen LogP contribution in [0.25, 0.3) is 0 Å². The number of nitrogens with one attached hydrogen (secondary N) is 1. The minimum atomic E-state index is -0.487. The van der Waals surface area contributed by atoms with E-state index in [-0.39, 0.29) is 10.2 Å². The summed E-state index contributed by atoms with van der Waals surface area (Å²) < 4.78 is 28.6. The number of aromatic nitrogens is 2. The summed E-state index contributed by atoms with van der Waals surface area (Å²) in [5.41, 5.74) is 1.19. The Morgan fingerprint density at radius 2 is 2.11 bits per heavy atom. The van der Waals surface area contributed by atoms with Gasteiger partial charge >= 0.3 is 0 Å².